The first-order chi connectivity index (χ1) is 5.26. The van der Waals surface area contributed by atoms with Gasteiger partial charge in [0.1, 0.15) is 0 Å². The summed E-state index contributed by atoms with van der Waals surface area (Å²) in [5, 5.41) is 0. The molecule has 0 aliphatic heterocycles. The van der Waals surface area contributed by atoms with E-state index < -0.39 is 0 Å². The predicted molar refractivity (Wildman–Crippen MR) is 58.7 cm³/mol. The third-order valence-corrected chi connectivity index (χ3v) is 3.08. The van der Waals surface area contributed by atoms with E-state index in [1.54, 1.807) is 0 Å². The van der Waals surface area contributed by atoms with Crippen LogP contribution < -0.4 is 5.73 Å². The van der Waals surface area contributed by atoms with E-state index >= 15 is 0 Å². The van der Waals surface area contributed by atoms with E-state index in [0.29, 0.717) is 16.4 Å². The number of rotatable bonds is 4. The summed E-state index contributed by atoms with van der Waals surface area (Å²) >= 11 is 2.44. The Morgan fingerprint density at radius 3 is 2.55 bits per heavy atom. The molecule has 2 atom stereocenters. The molecule has 0 saturated heterocycles. The summed E-state index contributed by atoms with van der Waals surface area (Å²) in [5.41, 5.74) is 5.58. The molecule has 1 nitrogen and oxygen atoms in total. The Labute approximate surface area is 83.3 Å². The molecule has 0 aromatic carbocycles. The van der Waals surface area contributed by atoms with Crippen LogP contribution in [-0.4, -0.2) is 10.5 Å². The summed E-state index contributed by atoms with van der Waals surface area (Å²) in [6.45, 7) is 4.75. The van der Waals surface area contributed by atoms with Gasteiger partial charge in [0.25, 0.3) is 0 Å². The topological polar surface area (TPSA) is 26.0 Å². The Morgan fingerprint density at radius 2 is 2.18 bits per heavy atom. The highest BCUT2D eigenvalue weighted by molar-refractivity contribution is 14.1. The maximum absolute atomic E-state index is 5.58. The summed E-state index contributed by atoms with van der Waals surface area (Å²) in [5.74, 6) is 6.45. The Morgan fingerprint density at radius 1 is 1.55 bits per heavy atom. The zero-order chi connectivity index (χ0) is 8.69. The lowest BCUT2D eigenvalue weighted by molar-refractivity contribution is 0.615. The van der Waals surface area contributed by atoms with Crippen LogP contribution in [0.5, 0.6) is 0 Å². The van der Waals surface area contributed by atoms with Crippen molar-refractivity contribution in [1.82, 2.24) is 0 Å². The third-order valence-electron chi connectivity index (χ3n) is 1.58. The van der Waals surface area contributed by atoms with E-state index in [0.717, 1.165) is 0 Å². The summed E-state index contributed by atoms with van der Waals surface area (Å²) < 4.78 is 0.620. The lowest BCUT2D eigenvalue weighted by Crippen LogP contribution is -2.21. The standard InChI is InChI=1S/C9H16IN/c1-3-5-8(7-11)9(10)6-4-2/h8-9H,4,6-7,11H2,1-2H3. The number of halogens is 1. The van der Waals surface area contributed by atoms with Gasteiger partial charge in [-0.05, 0) is 13.3 Å². The maximum atomic E-state index is 5.58. The van der Waals surface area contributed by atoms with Gasteiger partial charge in [-0.25, -0.2) is 0 Å². The molecular formula is C9H16IN. The van der Waals surface area contributed by atoms with E-state index in [9.17, 15) is 0 Å². The van der Waals surface area contributed by atoms with E-state index in [2.05, 4.69) is 41.4 Å². The number of hydrogen-bond donors (Lipinski definition) is 1. The van der Waals surface area contributed by atoms with Crippen LogP contribution in [0.1, 0.15) is 26.7 Å². The van der Waals surface area contributed by atoms with Gasteiger partial charge >= 0.3 is 0 Å². The highest BCUT2D eigenvalue weighted by Gasteiger charge is 2.12. The number of nitrogens with two attached hydrogens (primary N) is 1. The molecule has 0 heterocycles. The summed E-state index contributed by atoms with van der Waals surface area (Å²) in [7, 11) is 0. The first-order valence-electron chi connectivity index (χ1n) is 4.02. The number of hydrogen-bond acceptors (Lipinski definition) is 1. The molecule has 0 aromatic rings. The second-order valence-corrected chi connectivity index (χ2v) is 4.14. The van der Waals surface area contributed by atoms with Crippen LogP contribution >= 0.6 is 22.6 Å². The van der Waals surface area contributed by atoms with Crippen molar-refractivity contribution >= 4 is 22.6 Å². The Balaban J connectivity index is 3.87. The highest BCUT2D eigenvalue weighted by atomic mass is 127. The molecule has 0 rings (SSSR count). The minimum atomic E-state index is 0.389. The molecule has 0 aliphatic rings. The third kappa shape index (κ3) is 4.65. The Bertz CT molecular complexity index is 145. The Kier molecular flexibility index (Phi) is 7.09. The minimum absolute atomic E-state index is 0.389. The SMILES string of the molecule is CC#CC(CN)C(I)CCC. The zero-order valence-corrected chi connectivity index (χ0v) is 9.39. The normalized spacial score (nSPS) is 14.9. The molecule has 0 bridgehead atoms. The van der Waals surface area contributed by atoms with Crippen molar-refractivity contribution in [3.63, 3.8) is 0 Å². The minimum Gasteiger partial charge on any atom is -0.329 e. The van der Waals surface area contributed by atoms with E-state index in [1.165, 1.54) is 12.8 Å². The van der Waals surface area contributed by atoms with Crippen LogP contribution in [0.15, 0.2) is 0 Å². The van der Waals surface area contributed by atoms with Gasteiger partial charge in [-0.2, -0.15) is 0 Å². The van der Waals surface area contributed by atoms with Crippen molar-refractivity contribution in [2.45, 2.75) is 30.6 Å². The fraction of sp³-hybridized carbons (Fsp3) is 0.778. The molecule has 0 saturated carbocycles. The maximum Gasteiger partial charge on any atom is 0.0442 e. The smallest absolute Gasteiger partial charge is 0.0442 e. The Hall–Kier alpha value is 0.250. The van der Waals surface area contributed by atoms with Crippen molar-refractivity contribution in [3.05, 3.63) is 0 Å². The van der Waals surface area contributed by atoms with Gasteiger partial charge in [-0.3, -0.25) is 0 Å². The molecule has 0 aromatic heterocycles. The van der Waals surface area contributed by atoms with Crippen LogP contribution in [0.25, 0.3) is 0 Å². The molecule has 0 fully saturated rings. The lowest BCUT2D eigenvalue weighted by Gasteiger charge is -2.14. The molecule has 0 radical (unpaired) electrons. The van der Waals surface area contributed by atoms with Crippen molar-refractivity contribution in [2.24, 2.45) is 11.7 Å². The van der Waals surface area contributed by atoms with Crippen molar-refractivity contribution < 1.29 is 0 Å². The summed E-state index contributed by atoms with van der Waals surface area (Å²) in [4.78, 5) is 0. The van der Waals surface area contributed by atoms with Gasteiger partial charge in [0.05, 0.1) is 0 Å². The lowest BCUT2D eigenvalue weighted by atomic mass is 10.0. The average Bonchev–Trinajstić information content (AvgIpc) is 2.00. The second-order valence-electron chi connectivity index (χ2n) is 2.54. The molecule has 64 valence electrons. The largest absolute Gasteiger partial charge is 0.329 e. The summed E-state index contributed by atoms with van der Waals surface area (Å²) in [6, 6.07) is 0. The first kappa shape index (κ1) is 11.2. The van der Waals surface area contributed by atoms with Crippen LogP contribution in [0.2, 0.25) is 0 Å². The molecule has 2 heteroatoms. The van der Waals surface area contributed by atoms with Gasteiger partial charge in [0.15, 0.2) is 0 Å². The van der Waals surface area contributed by atoms with E-state index in [4.69, 9.17) is 5.73 Å². The molecule has 0 amide bonds. The highest BCUT2D eigenvalue weighted by Crippen LogP contribution is 2.17. The molecule has 11 heavy (non-hydrogen) atoms. The number of alkyl halides is 1. The van der Waals surface area contributed by atoms with Crippen LogP contribution in [0.4, 0.5) is 0 Å². The van der Waals surface area contributed by atoms with Crippen molar-refractivity contribution in [2.75, 3.05) is 6.54 Å². The molecular weight excluding hydrogens is 249 g/mol. The monoisotopic (exact) mass is 265 g/mol. The average molecular weight is 265 g/mol. The van der Waals surface area contributed by atoms with Crippen molar-refractivity contribution in [3.8, 4) is 11.8 Å². The van der Waals surface area contributed by atoms with Gasteiger partial charge < -0.3 is 5.73 Å². The molecule has 2 unspecified atom stereocenters. The van der Waals surface area contributed by atoms with Crippen LogP contribution in [0.3, 0.4) is 0 Å². The predicted octanol–water partition coefficient (Wildman–Crippen LogP) is 2.19. The second kappa shape index (κ2) is 6.93. The summed E-state index contributed by atoms with van der Waals surface area (Å²) in [6.07, 6.45) is 2.44. The molecule has 0 aliphatic carbocycles. The van der Waals surface area contributed by atoms with Gasteiger partial charge in [0, 0.05) is 16.4 Å². The molecule has 0 spiro atoms. The van der Waals surface area contributed by atoms with E-state index in [1.807, 2.05) is 6.92 Å². The zero-order valence-electron chi connectivity index (χ0n) is 7.23. The quantitative estimate of drug-likeness (QED) is 0.470. The van der Waals surface area contributed by atoms with Gasteiger partial charge in [-0.15, -0.1) is 5.92 Å². The van der Waals surface area contributed by atoms with Crippen molar-refractivity contribution in [1.29, 1.82) is 0 Å². The van der Waals surface area contributed by atoms with Crippen LogP contribution in [0, 0.1) is 17.8 Å². The fourth-order valence-electron chi connectivity index (χ4n) is 0.959. The molecule has 2 N–H and O–H groups in total. The van der Waals surface area contributed by atoms with E-state index in [-0.39, 0.29) is 0 Å². The van der Waals surface area contributed by atoms with Crippen LogP contribution in [-0.2, 0) is 0 Å². The first-order valence-corrected chi connectivity index (χ1v) is 5.27. The van der Waals surface area contributed by atoms with Gasteiger partial charge in [-0.1, -0.05) is 41.9 Å². The fourth-order valence-corrected chi connectivity index (χ4v) is 2.06. The van der Waals surface area contributed by atoms with Gasteiger partial charge in [0.2, 0.25) is 0 Å².